The number of nitrogens with one attached hydrogen (secondary N) is 2. The van der Waals surface area contributed by atoms with Gasteiger partial charge in [-0.2, -0.15) is 0 Å². The highest BCUT2D eigenvalue weighted by Crippen LogP contribution is 2.40. The Hall–Kier alpha value is -0.890. The summed E-state index contributed by atoms with van der Waals surface area (Å²) >= 11 is 6.27. The van der Waals surface area contributed by atoms with Crippen molar-refractivity contribution in [2.24, 2.45) is 5.41 Å². The number of hydrogen-bond donors (Lipinski definition) is 2. The number of hydrogen-bond acceptors (Lipinski definition) is 2. The Kier molecular flexibility index (Phi) is 3.38. The number of fused-ring (bicyclic) bond motifs is 1. The Morgan fingerprint density at radius 3 is 2.44 bits per heavy atom. The molecule has 0 amide bonds. The molecule has 1 aromatic rings. The first-order chi connectivity index (χ1) is 8.79. The van der Waals surface area contributed by atoms with Gasteiger partial charge in [0.25, 0.3) is 0 Å². The molecule has 0 unspecified atom stereocenters. The van der Waals surface area contributed by atoms with E-state index in [2.05, 4.69) is 16.7 Å². The van der Waals surface area contributed by atoms with Crippen molar-refractivity contribution in [1.29, 1.82) is 0 Å². The summed E-state index contributed by atoms with van der Waals surface area (Å²) in [5.74, 6) is 0. The van der Waals surface area contributed by atoms with Gasteiger partial charge in [-0.25, -0.2) is 0 Å². The largest absolute Gasteiger partial charge is 0.383 e. The second-order valence-electron chi connectivity index (χ2n) is 5.78. The Labute approximate surface area is 114 Å². The molecular formula is C15H21ClN2. The van der Waals surface area contributed by atoms with Crippen LogP contribution < -0.4 is 10.6 Å². The zero-order chi connectivity index (χ0) is 12.4. The second-order valence-corrected chi connectivity index (χ2v) is 6.19. The maximum absolute atomic E-state index is 6.27. The molecule has 1 aliphatic heterocycles. The first kappa shape index (κ1) is 12.2. The second kappa shape index (κ2) is 5.00. The van der Waals surface area contributed by atoms with Crippen LogP contribution in [0.4, 0.5) is 11.4 Å². The molecule has 0 bridgehead atoms. The van der Waals surface area contributed by atoms with Gasteiger partial charge in [0.05, 0.1) is 16.4 Å². The van der Waals surface area contributed by atoms with Crippen molar-refractivity contribution in [1.82, 2.24) is 0 Å². The van der Waals surface area contributed by atoms with Crippen molar-refractivity contribution in [2.45, 2.75) is 38.5 Å². The minimum atomic E-state index is 0.416. The fraction of sp³-hybridized carbons (Fsp3) is 0.600. The van der Waals surface area contributed by atoms with Crippen molar-refractivity contribution < 1.29 is 0 Å². The SMILES string of the molecule is Clc1cccc2c1NCC1(CCCCCC1)CN2. The van der Waals surface area contributed by atoms with E-state index in [4.69, 9.17) is 11.6 Å². The molecule has 1 spiro atoms. The molecule has 1 saturated carbocycles. The number of anilines is 2. The molecule has 2 nitrogen and oxygen atoms in total. The van der Waals surface area contributed by atoms with Gasteiger partial charge in [0.2, 0.25) is 0 Å². The average molecular weight is 265 g/mol. The lowest BCUT2D eigenvalue weighted by Gasteiger charge is -2.31. The fourth-order valence-corrected chi connectivity index (χ4v) is 3.55. The van der Waals surface area contributed by atoms with Crippen LogP contribution in [0.3, 0.4) is 0 Å². The predicted molar refractivity (Wildman–Crippen MR) is 78.6 cm³/mol. The van der Waals surface area contributed by atoms with Gasteiger partial charge in [-0.15, -0.1) is 0 Å². The van der Waals surface area contributed by atoms with Gasteiger partial charge < -0.3 is 10.6 Å². The van der Waals surface area contributed by atoms with E-state index in [9.17, 15) is 0 Å². The number of para-hydroxylation sites is 1. The van der Waals surface area contributed by atoms with Crippen LogP contribution in [0.2, 0.25) is 5.02 Å². The monoisotopic (exact) mass is 264 g/mol. The van der Waals surface area contributed by atoms with Gasteiger partial charge in [-0.05, 0) is 25.0 Å². The lowest BCUT2D eigenvalue weighted by Crippen LogP contribution is -2.34. The van der Waals surface area contributed by atoms with E-state index >= 15 is 0 Å². The predicted octanol–water partition coefficient (Wildman–Crippen LogP) is 4.52. The Balaban J connectivity index is 1.83. The van der Waals surface area contributed by atoms with Crippen LogP contribution in [0.25, 0.3) is 0 Å². The maximum atomic E-state index is 6.27. The molecule has 2 N–H and O–H groups in total. The van der Waals surface area contributed by atoms with Crippen molar-refractivity contribution in [3.05, 3.63) is 23.2 Å². The van der Waals surface area contributed by atoms with Gasteiger partial charge >= 0.3 is 0 Å². The van der Waals surface area contributed by atoms with Crippen molar-refractivity contribution in [3.8, 4) is 0 Å². The Bertz CT molecular complexity index is 423. The Morgan fingerprint density at radius 2 is 1.67 bits per heavy atom. The normalized spacial score (nSPS) is 22.3. The number of benzene rings is 1. The van der Waals surface area contributed by atoms with E-state index < -0.39 is 0 Å². The van der Waals surface area contributed by atoms with Crippen LogP contribution in [-0.4, -0.2) is 13.1 Å². The van der Waals surface area contributed by atoms with Gasteiger partial charge in [0.1, 0.15) is 0 Å². The van der Waals surface area contributed by atoms with Gasteiger partial charge in [0.15, 0.2) is 0 Å². The molecule has 0 radical (unpaired) electrons. The zero-order valence-corrected chi connectivity index (χ0v) is 11.5. The molecule has 1 aliphatic carbocycles. The van der Waals surface area contributed by atoms with E-state index in [1.165, 1.54) is 38.5 Å². The third-order valence-corrected chi connectivity index (χ3v) is 4.79. The van der Waals surface area contributed by atoms with Crippen LogP contribution >= 0.6 is 11.6 Å². The standard InChI is InChI=1S/C15H21ClN2/c16-12-6-5-7-13-14(12)18-11-15(10-17-13)8-3-1-2-4-9-15/h5-7,17-18H,1-4,8-11H2. The highest BCUT2D eigenvalue weighted by atomic mass is 35.5. The molecule has 98 valence electrons. The quantitative estimate of drug-likeness (QED) is 0.720. The first-order valence-corrected chi connectivity index (χ1v) is 7.43. The molecule has 1 aromatic carbocycles. The fourth-order valence-electron chi connectivity index (χ4n) is 3.30. The third-order valence-electron chi connectivity index (χ3n) is 4.47. The first-order valence-electron chi connectivity index (χ1n) is 7.05. The van der Waals surface area contributed by atoms with Gasteiger partial charge in [-0.3, -0.25) is 0 Å². The zero-order valence-electron chi connectivity index (χ0n) is 10.8. The van der Waals surface area contributed by atoms with Crippen molar-refractivity contribution >= 4 is 23.0 Å². The molecular weight excluding hydrogens is 244 g/mol. The van der Waals surface area contributed by atoms with E-state index in [1.807, 2.05) is 12.1 Å². The van der Waals surface area contributed by atoms with E-state index in [-0.39, 0.29) is 0 Å². The topological polar surface area (TPSA) is 24.1 Å². The lowest BCUT2D eigenvalue weighted by molar-refractivity contribution is 0.286. The average Bonchev–Trinajstić information content (AvgIpc) is 2.71. The van der Waals surface area contributed by atoms with Gasteiger partial charge in [-0.1, -0.05) is 43.4 Å². The van der Waals surface area contributed by atoms with Crippen molar-refractivity contribution in [3.63, 3.8) is 0 Å². The molecule has 0 aromatic heterocycles. The maximum Gasteiger partial charge on any atom is 0.0765 e. The summed E-state index contributed by atoms with van der Waals surface area (Å²) in [6.07, 6.45) is 8.20. The minimum absolute atomic E-state index is 0.416. The Morgan fingerprint density at radius 1 is 0.944 bits per heavy atom. The van der Waals surface area contributed by atoms with Crippen LogP contribution in [0.5, 0.6) is 0 Å². The molecule has 0 saturated heterocycles. The van der Waals surface area contributed by atoms with Crippen LogP contribution in [0.15, 0.2) is 18.2 Å². The van der Waals surface area contributed by atoms with Crippen LogP contribution in [0.1, 0.15) is 38.5 Å². The molecule has 2 aliphatic rings. The summed E-state index contributed by atoms with van der Waals surface area (Å²) in [6.45, 7) is 2.13. The number of halogens is 1. The van der Waals surface area contributed by atoms with E-state index in [1.54, 1.807) is 0 Å². The lowest BCUT2D eigenvalue weighted by atomic mass is 9.80. The number of rotatable bonds is 0. The summed E-state index contributed by atoms with van der Waals surface area (Å²) in [6, 6.07) is 6.09. The summed E-state index contributed by atoms with van der Waals surface area (Å²) in [7, 11) is 0. The molecule has 1 heterocycles. The van der Waals surface area contributed by atoms with Crippen molar-refractivity contribution in [2.75, 3.05) is 23.7 Å². The van der Waals surface area contributed by atoms with Crippen LogP contribution in [0, 0.1) is 5.41 Å². The summed E-state index contributed by atoms with van der Waals surface area (Å²) in [5, 5.41) is 8.02. The van der Waals surface area contributed by atoms with Crippen LogP contribution in [-0.2, 0) is 0 Å². The van der Waals surface area contributed by atoms with Gasteiger partial charge in [0, 0.05) is 18.5 Å². The molecule has 3 heteroatoms. The van der Waals surface area contributed by atoms with E-state index in [0.29, 0.717) is 5.41 Å². The molecule has 1 fully saturated rings. The highest BCUT2D eigenvalue weighted by Gasteiger charge is 2.33. The summed E-state index contributed by atoms with van der Waals surface area (Å²) in [5.41, 5.74) is 2.66. The summed E-state index contributed by atoms with van der Waals surface area (Å²) in [4.78, 5) is 0. The minimum Gasteiger partial charge on any atom is -0.383 e. The molecule has 0 atom stereocenters. The smallest absolute Gasteiger partial charge is 0.0765 e. The highest BCUT2D eigenvalue weighted by molar-refractivity contribution is 6.34. The molecule has 18 heavy (non-hydrogen) atoms. The third kappa shape index (κ3) is 2.31. The van der Waals surface area contributed by atoms with E-state index in [0.717, 1.165) is 29.5 Å². The molecule has 3 rings (SSSR count). The summed E-state index contributed by atoms with van der Waals surface area (Å²) < 4.78 is 0.